The fourth-order valence-corrected chi connectivity index (χ4v) is 1.69. The monoisotopic (exact) mass is 279 g/mol. The van der Waals surface area contributed by atoms with Gasteiger partial charge in [-0.1, -0.05) is 6.92 Å². The smallest absolute Gasteiger partial charge is 0.386 e. The number of hydrogen-bond acceptors (Lipinski definition) is 2. The van der Waals surface area contributed by atoms with Crippen molar-refractivity contribution in [2.24, 2.45) is 5.92 Å². The number of alkyl halides is 6. The van der Waals surface area contributed by atoms with Crippen LogP contribution in [-0.2, 0) is 4.79 Å². The van der Waals surface area contributed by atoms with Crippen LogP contribution < -0.4 is 0 Å². The Kier molecular flexibility index (Phi) is 3.59. The highest BCUT2D eigenvalue weighted by molar-refractivity contribution is 5.81. The number of halogens is 6. The van der Waals surface area contributed by atoms with E-state index in [1.807, 2.05) is 0 Å². The lowest BCUT2D eigenvalue weighted by Gasteiger charge is -2.47. The molecule has 1 rings (SSSR count). The van der Waals surface area contributed by atoms with Crippen LogP contribution in [0.3, 0.4) is 0 Å². The normalized spacial score (nSPS) is 19.9. The lowest BCUT2D eigenvalue weighted by atomic mass is 9.89. The molecule has 1 saturated heterocycles. The molecule has 0 unspecified atom stereocenters. The fourth-order valence-electron chi connectivity index (χ4n) is 1.69. The van der Waals surface area contributed by atoms with Crippen LogP contribution in [-0.4, -0.2) is 47.0 Å². The third-order valence-corrected chi connectivity index (χ3v) is 2.84. The summed E-state index contributed by atoms with van der Waals surface area (Å²) in [6, 6.07) is 0. The first-order valence-electron chi connectivity index (χ1n) is 5.05. The zero-order valence-electron chi connectivity index (χ0n) is 9.27. The topological polar surface area (TPSA) is 40.5 Å². The second kappa shape index (κ2) is 4.29. The van der Waals surface area contributed by atoms with E-state index in [1.165, 1.54) is 6.92 Å². The van der Waals surface area contributed by atoms with Crippen LogP contribution in [0.1, 0.15) is 13.3 Å². The summed E-state index contributed by atoms with van der Waals surface area (Å²) < 4.78 is 73.4. The number of amides is 1. The molecule has 3 nitrogen and oxygen atoms in total. The quantitative estimate of drug-likeness (QED) is 0.782. The van der Waals surface area contributed by atoms with Crippen molar-refractivity contribution in [1.29, 1.82) is 0 Å². The molecule has 1 aliphatic rings. The minimum atomic E-state index is -5.69. The summed E-state index contributed by atoms with van der Waals surface area (Å²) in [6.07, 6.45) is -11.2. The first-order chi connectivity index (χ1) is 7.91. The van der Waals surface area contributed by atoms with E-state index in [9.17, 15) is 36.2 Å². The maximum absolute atomic E-state index is 12.2. The molecular weight excluding hydrogens is 268 g/mol. The molecule has 0 atom stereocenters. The highest BCUT2D eigenvalue weighted by Gasteiger charge is 2.63. The van der Waals surface area contributed by atoms with Gasteiger partial charge < -0.3 is 10.0 Å². The lowest BCUT2D eigenvalue weighted by Crippen LogP contribution is -2.66. The molecule has 9 heteroatoms. The van der Waals surface area contributed by atoms with E-state index >= 15 is 0 Å². The van der Waals surface area contributed by atoms with E-state index in [4.69, 9.17) is 0 Å². The zero-order valence-corrected chi connectivity index (χ0v) is 9.27. The van der Waals surface area contributed by atoms with Gasteiger partial charge >= 0.3 is 12.4 Å². The van der Waals surface area contributed by atoms with Crippen molar-refractivity contribution in [2.75, 3.05) is 13.1 Å². The van der Waals surface area contributed by atoms with Gasteiger partial charge in [-0.15, -0.1) is 0 Å². The van der Waals surface area contributed by atoms with E-state index in [0.29, 0.717) is 4.90 Å². The second-order valence-electron chi connectivity index (χ2n) is 4.29. The summed E-state index contributed by atoms with van der Waals surface area (Å²) in [5, 5.41) is 9.47. The fraction of sp³-hybridized carbons (Fsp3) is 0.889. The number of hydrogen-bond donors (Lipinski definition) is 1. The molecule has 0 aromatic rings. The van der Waals surface area contributed by atoms with Crippen LogP contribution in [0, 0.1) is 5.92 Å². The molecule has 1 fully saturated rings. The Hall–Kier alpha value is -0.990. The van der Waals surface area contributed by atoms with Crippen LogP contribution in [0.2, 0.25) is 0 Å². The van der Waals surface area contributed by atoms with Crippen LogP contribution in [0.5, 0.6) is 0 Å². The Morgan fingerprint density at radius 1 is 1.22 bits per heavy atom. The van der Waals surface area contributed by atoms with Gasteiger partial charge in [0.05, 0.1) is 18.7 Å². The molecule has 0 spiro atoms. The highest BCUT2D eigenvalue weighted by Crippen LogP contribution is 2.41. The number of rotatable bonds is 2. The summed E-state index contributed by atoms with van der Waals surface area (Å²) in [4.78, 5) is 11.6. The molecule has 0 radical (unpaired) electrons. The molecule has 1 amide bonds. The van der Waals surface area contributed by atoms with E-state index in [2.05, 4.69) is 0 Å². The average Bonchev–Trinajstić information content (AvgIpc) is 2.07. The highest BCUT2D eigenvalue weighted by atomic mass is 19.4. The average molecular weight is 279 g/mol. The van der Waals surface area contributed by atoms with E-state index < -0.39 is 42.9 Å². The number of nitrogens with zero attached hydrogens (tertiary/aromatic N) is 1. The van der Waals surface area contributed by atoms with Crippen LogP contribution in [0.15, 0.2) is 0 Å². The van der Waals surface area contributed by atoms with Crippen molar-refractivity contribution in [2.45, 2.75) is 31.3 Å². The number of carbonyl (C=O) groups excluding carboxylic acids is 1. The van der Waals surface area contributed by atoms with Crippen molar-refractivity contribution < 1.29 is 36.2 Å². The maximum Gasteiger partial charge on any atom is 0.409 e. The molecule has 1 aliphatic heterocycles. The van der Waals surface area contributed by atoms with Gasteiger partial charge in [0.15, 0.2) is 0 Å². The Bertz CT molecular complexity index is 317. The third kappa shape index (κ3) is 2.88. The van der Waals surface area contributed by atoms with E-state index in [-0.39, 0.29) is 6.42 Å². The van der Waals surface area contributed by atoms with E-state index in [0.717, 1.165) is 0 Å². The first kappa shape index (κ1) is 15.1. The number of β-amino-alcohol motifs (C(OH)–C–C–N with tert-alkyl or cyclic N) is 1. The van der Waals surface area contributed by atoms with Crippen LogP contribution in [0.25, 0.3) is 0 Å². The third-order valence-electron chi connectivity index (χ3n) is 2.84. The molecule has 18 heavy (non-hydrogen) atoms. The van der Waals surface area contributed by atoms with Gasteiger partial charge in [-0.25, -0.2) is 0 Å². The second-order valence-corrected chi connectivity index (χ2v) is 4.29. The standard InChI is InChI=1S/C9H11F6NO2/c1-2-7(18)3-16(4-7)6(17)5(8(10,11)12)9(13,14)15/h5,18H,2-4H2,1H3. The van der Waals surface area contributed by atoms with Gasteiger partial charge in [-0.3, -0.25) is 4.79 Å². The molecule has 0 bridgehead atoms. The molecule has 106 valence electrons. The Labute approximate surface area is 98.4 Å². The number of aliphatic hydroxyl groups is 1. The predicted molar refractivity (Wildman–Crippen MR) is 47.4 cm³/mol. The van der Waals surface area contributed by atoms with Gasteiger partial charge in [-0.2, -0.15) is 26.3 Å². The Morgan fingerprint density at radius 3 is 1.89 bits per heavy atom. The van der Waals surface area contributed by atoms with Gasteiger partial charge in [-0.05, 0) is 6.42 Å². The molecule has 0 aromatic carbocycles. The molecule has 0 saturated carbocycles. The van der Waals surface area contributed by atoms with Gasteiger partial charge in [0, 0.05) is 0 Å². The molecule has 0 aliphatic carbocycles. The summed E-state index contributed by atoms with van der Waals surface area (Å²) in [5.74, 6) is -6.08. The van der Waals surface area contributed by atoms with Crippen LogP contribution in [0.4, 0.5) is 26.3 Å². The summed E-state index contributed by atoms with van der Waals surface area (Å²) >= 11 is 0. The zero-order chi connectivity index (χ0) is 14.4. The molecular formula is C9H11F6NO2. The minimum absolute atomic E-state index is 0.152. The SMILES string of the molecule is CCC1(O)CN(C(=O)C(C(F)(F)F)C(F)(F)F)C1. The largest absolute Gasteiger partial charge is 0.409 e. The summed E-state index contributed by atoms with van der Waals surface area (Å²) in [6.45, 7) is 0.503. The van der Waals surface area contributed by atoms with Crippen molar-refractivity contribution in [1.82, 2.24) is 4.90 Å². The lowest BCUT2D eigenvalue weighted by molar-refractivity contribution is -0.281. The van der Waals surface area contributed by atoms with Gasteiger partial charge in [0.1, 0.15) is 0 Å². The van der Waals surface area contributed by atoms with Crippen molar-refractivity contribution in [3.8, 4) is 0 Å². The number of likely N-dealkylation sites (tertiary alicyclic amines) is 1. The maximum atomic E-state index is 12.2. The van der Waals surface area contributed by atoms with Crippen LogP contribution >= 0.6 is 0 Å². The molecule has 1 heterocycles. The van der Waals surface area contributed by atoms with E-state index in [1.54, 1.807) is 0 Å². The minimum Gasteiger partial charge on any atom is -0.386 e. The summed E-state index contributed by atoms with van der Waals surface area (Å²) in [7, 11) is 0. The molecule has 1 N–H and O–H groups in total. The Balaban J connectivity index is 2.82. The molecule has 0 aromatic heterocycles. The predicted octanol–water partition coefficient (Wildman–Crippen LogP) is 1.71. The van der Waals surface area contributed by atoms with Crippen molar-refractivity contribution in [3.63, 3.8) is 0 Å². The first-order valence-corrected chi connectivity index (χ1v) is 5.05. The summed E-state index contributed by atoms with van der Waals surface area (Å²) in [5.41, 5.74) is -1.38. The van der Waals surface area contributed by atoms with Crippen molar-refractivity contribution >= 4 is 5.91 Å². The van der Waals surface area contributed by atoms with Gasteiger partial charge in [0.25, 0.3) is 0 Å². The van der Waals surface area contributed by atoms with Crippen molar-refractivity contribution in [3.05, 3.63) is 0 Å². The Morgan fingerprint density at radius 2 is 1.61 bits per heavy atom. The number of carbonyl (C=O) groups is 1. The van der Waals surface area contributed by atoms with Gasteiger partial charge in [0.2, 0.25) is 11.8 Å².